The van der Waals surface area contributed by atoms with Gasteiger partial charge in [-0.05, 0) is 61.8 Å². The fourth-order valence-corrected chi connectivity index (χ4v) is 6.43. The minimum absolute atomic E-state index is 0.00597. The van der Waals surface area contributed by atoms with E-state index in [0.717, 1.165) is 49.7 Å². The lowest BCUT2D eigenvalue weighted by molar-refractivity contribution is 0.0949. The molecule has 8 nitrogen and oxygen atoms in total. The number of pyridine rings is 1. The van der Waals surface area contributed by atoms with Gasteiger partial charge in [-0.3, -0.25) is 9.59 Å². The lowest BCUT2D eigenvalue weighted by Crippen LogP contribution is -2.44. The van der Waals surface area contributed by atoms with Gasteiger partial charge in [-0.25, -0.2) is 4.39 Å². The Labute approximate surface area is 231 Å². The van der Waals surface area contributed by atoms with Crippen molar-refractivity contribution >= 4 is 33.3 Å². The monoisotopic (exact) mass is 541 g/mol. The van der Waals surface area contributed by atoms with Gasteiger partial charge in [0, 0.05) is 45.0 Å². The average molecular weight is 542 g/mol. The smallest absolute Gasteiger partial charge is 0.256 e. The first-order valence-electron chi connectivity index (χ1n) is 14.1. The molecular formula is C31H32FN5O3. The Balaban J connectivity index is 1.37. The summed E-state index contributed by atoms with van der Waals surface area (Å²) >= 11 is 0. The molecule has 0 bridgehead atoms. The van der Waals surface area contributed by atoms with Gasteiger partial charge in [-0.15, -0.1) is 0 Å². The SMILES string of the molecule is CN1CCCC1CCNC(=O)c1cn2c3c(c(N4CCNCC4)c(F)cc3c1=O)Oc1cc3ccccc3cc1-2. The quantitative estimate of drug-likeness (QED) is 0.350. The Hall–Kier alpha value is -3.95. The van der Waals surface area contributed by atoms with E-state index in [4.69, 9.17) is 4.74 Å². The van der Waals surface area contributed by atoms with Crippen LogP contribution in [0.5, 0.6) is 11.5 Å². The van der Waals surface area contributed by atoms with Gasteiger partial charge in [0.1, 0.15) is 16.8 Å². The van der Waals surface area contributed by atoms with Crippen molar-refractivity contribution in [1.82, 2.24) is 20.1 Å². The number of benzene rings is 3. The second-order valence-electron chi connectivity index (χ2n) is 11.0. The number of aromatic nitrogens is 1. The number of fused-ring (bicyclic) bond motifs is 3. The van der Waals surface area contributed by atoms with E-state index in [1.54, 1.807) is 6.20 Å². The van der Waals surface area contributed by atoms with E-state index in [1.807, 2.05) is 45.9 Å². The molecule has 0 aliphatic carbocycles. The first-order chi connectivity index (χ1) is 19.5. The van der Waals surface area contributed by atoms with E-state index in [0.29, 0.717) is 54.1 Å². The van der Waals surface area contributed by atoms with Crippen LogP contribution in [0, 0.1) is 5.82 Å². The molecule has 4 heterocycles. The minimum atomic E-state index is -0.529. The zero-order valence-electron chi connectivity index (χ0n) is 22.5. The summed E-state index contributed by atoms with van der Waals surface area (Å²) in [6.45, 7) is 4.21. The molecule has 9 heteroatoms. The summed E-state index contributed by atoms with van der Waals surface area (Å²) in [6, 6.07) is 13.6. The summed E-state index contributed by atoms with van der Waals surface area (Å²) < 4.78 is 24.1. The molecule has 0 spiro atoms. The summed E-state index contributed by atoms with van der Waals surface area (Å²) in [5.41, 5.74) is 1.02. The highest BCUT2D eigenvalue weighted by Crippen LogP contribution is 2.47. The number of ether oxygens (including phenoxy) is 1. The molecule has 1 amide bonds. The predicted octanol–water partition coefficient (Wildman–Crippen LogP) is 4.01. The van der Waals surface area contributed by atoms with Crippen molar-refractivity contribution in [3.05, 3.63) is 70.3 Å². The topological polar surface area (TPSA) is 78.8 Å². The third-order valence-electron chi connectivity index (χ3n) is 8.58. The molecular weight excluding hydrogens is 509 g/mol. The maximum absolute atomic E-state index is 15.9. The van der Waals surface area contributed by atoms with Crippen molar-refractivity contribution in [2.45, 2.75) is 25.3 Å². The highest BCUT2D eigenvalue weighted by Gasteiger charge is 2.31. The molecule has 0 radical (unpaired) electrons. The van der Waals surface area contributed by atoms with Crippen molar-refractivity contribution in [2.24, 2.45) is 0 Å². The molecule has 40 heavy (non-hydrogen) atoms. The van der Waals surface area contributed by atoms with Crippen LogP contribution in [0.3, 0.4) is 0 Å². The maximum atomic E-state index is 15.9. The second kappa shape index (κ2) is 9.91. The standard InChI is InChI=1S/C31H32FN5O3/c1-35-12-4-7-21(35)8-9-34-31(39)23-18-37-25-15-19-5-2-3-6-20(19)16-26(25)40-30-27(37)22(29(23)38)17-24(32)28(30)36-13-10-33-11-14-36/h2-3,5-6,15-18,21,33H,4,7-14H2,1H3,(H,34,39). The van der Waals surface area contributed by atoms with E-state index in [9.17, 15) is 9.59 Å². The highest BCUT2D eigenvalue weighted by atomic mass is 19.1. The molecule has 7 rings (SSSR count). The predicted molar refractivity (Wildman–Crippen MR) is 155 cm³/mol. The van der Waals surface area contributed by atoms with Crippen LogP contribution in [0.25, 0.3) is 27.4 Å². The van der Waals surface area contributed by atoms with Crippen LogP contribution in [-0.2, 0) is 0 Å². The molecule has 2 fully saturated rings. The van der Waals surface area contributed by atoms with Gasteiger partial charge in [-0.1, -0.05) is 24.3 Å². The summed E-state index contributed by atoms with van der Waals surface area (Å²) in [6.07, 6.45) is 4.68. The van der Waals surface area contributed by atoms with E-state index < -0.39 is 17.2 Å². The van der Waals surface area contributed by atoms with Crippen LogP contribution < -0.4 is 25.7 Å². The van der Waals surface area contributed by atoms with Gasteiger partial charge in [0.15, 0.2) is 17.3 Å². The molecule has 3 aliphatic heterocycles. The van der Waals surface area contributed by atoms with Gasteiger partial charge >= 0.3 is 0 Å². The van der Waals surface area contributed by atoms with Crippen molar-refractivity contribution in [1.29, 1.82) is 0 Å². The number of amides is 1. The Morgan fingerprint density at radius 1 is 1.12 bits per heavy atom. The van der Waals surface area contributed by atoms with Crippen molar-refractivity contribution in [3.8, 4) is 17.2 Å². The first-order valence-corrected chi connectivity index (χ1v) is 14.1. The molecule has 1 aromatic heterocycles. The van der Waals surface area contributed by atoms with Gasteiger partial charge in [0.25, 0.3) is 5.91 Å². The molecule has 3 aliphatic rings. The number of nitrogens with zero attached hydrogens (tertiary/aromatic N) is 3. The normalized spacial score (nSPS) is 18.6. The van der Waals surface area contributed by atoms with Crippen LogP contribution in [0.1, 0.15) is 29.6 Å². The first kappa shape index (κ1) is 25.0. The molecule has 4 aromatic rings. The average Bonchev–Trinajstić information content (AvgIpc) is 3.38. The number of carbonyl (C=O) groups excluding carboxylic acids is 1. The second-order valence-corrected chi connectivity index (χ2v) is 11.0. The number of rotatable bonds is 5. The number of hydrogen-bond donors (Lipinski definition) is 2. The molecule has 2 N–H and O–H groups in total. The lowest BCUT2D eigenvalue weighted by atomic mass is 10.0. The van der Waals surface area contributed by atoms with Crippen molar-refractivity contribution in [2.75, 3.05) is 51.2 Å². The van der Waals surface area contributed by atoms with Crippen molar-refractivity contribution < 1.29 is 13.9 Å². The Bertz CT molecular complexity index is 1710. The van der Waals surface area contributed by atoms with Crippen LogP contribution in [0.4, 0.5) is 10.1 Å². The van der Waals surface area contributed by atoms with E-state index in [2.05, 4.69) is 22.6 Å². The molecule has 206 valence electrons. The Morgan fingerprint density at radius 3 is 2.65 bits per heavy atom. The highest BCUT2D eigenvalue weighted by molar-refractivity contribution is 6.02. The Kier molecular flexibility index (Phi) is 6.20. The van der Waals surface area contributed by atoms with Crippen molar-refractivity contribution in [3.63, 3.8) is 0 Å². The largest absolute Gasteiger partial charge is 0.451 e. The zero-order valence-corrected chi connectivity index (χ0v) is 22.5. The number of halogens is 1. The molecule has 3 aromatic carbocycles. The summed E-state index contributed by atoms with van der Waals surface area (Å²) in [7, 11) is 2.10. The van der Waals surface area contributed by atoms with Gasteiger partial charge in [-0.2, -0.15) is 0 Å². The van der Waals surface area contributed by atoms with Crippen LogP contribution in [0.15, 0.2) is 53.5 Å². The number of piperazine rings is 1. The number of hydrogen-bond acceptors (Lipinski definition) is 6. The molecule has 2 saturated heterocycles. The summed E-state index contributed by atoms with van der Waals surface area (Å²) in [4.78, 5) is 31.4. The Morgan fingerprint density at radius 2 is 1.90 bits per heavy atom. The van der Waals surface area contributed by atoms with Crippen LogP contribution >= 0.6 is 0 Å². The minimum Gasteiger partial charge on any atom is -0.451 e. The van der Waals surface area contributed by atoms with Gasteiger partial charge in [0.05, 0.1) is 11.1 Å². The van der Waals surface area contributed by atoms with Gasteiger partial charge in [0.2, 0.25) is 5.43 Å². The van der Waals surface area contributed by atoms with E-state index >= 15 is 4.39 Å². The lowest BCUT2D eigenvalue weighted by Gasteiger charge is -2.33. The zero-order chi connectivity index (χ0) is 27.4. The fourth-order valence-electron chi connectivity index (χ4n) is 6.43. The van der Waals surface area contributed by atoms with Gasteiger partial charge < -0.3 is 29.7 Å². The summed E-state index contributed by atoms with van der Waals surface area (Å²) in [5.74, 6) is -0.112. The summed E-state index contributed by atoms with van der Waals surface area (Å²) in [5, 5.41) is 8.36. The van der Waals surface area contributed by atoms with E-state index in [1.165, 1.54) is 6.07 Å². The van der Waals surface area contributed by atoms with Crippen LogP contribution in [0.2, 0.25) is 0 Å². The molecule has 1 atom stereocenters. The number of carbonyl (C=O) groups is 1. The van der Waals surface area contributed by atoms with Crippen LogP contribution in [-0.4, -0.2) is 67.7 Å². The number of nitrogens with one attached hydrogen (secondary N) is 2. The number of anilines is 1. The third-order valence-corrected chi connectivity index (χ3v) is 8.58. The van der Waals surface area contributed by atoms with E-state index in [-0.39, 0.29) is 10.9 Å². The fraction of sp³-hybridized carbons (Fsp3) is 0.355. The number of likely N-dealkylation sites (tertiary alicyclic amines) is 1. The molecule has 1 unspecified atom stereocenters. The molecule has 0 saturated carbocycles. The maximum Gasteiger partial charge on any atom is 0.256 e. The third kappa shape index (κ3) is 4.12.